The van der Waals surface area contributed by atoms with Crippen LogP contribution in [0.5, 0.6) is 11.5 Å². The molecule has 0 aliphatic carbocycles. The van der Waals surface area contributed by atoms with Crippen LogP contribution < -0.4 is 9.47 Å². The fraction of sp³-hybridized carbons (Fsp3) is 0.467. The third kappa shape index (κ3) is 4.57. The van der Waals surface area contributed by atoms with Gasteiger partial charge in [0.2, 0.25) is 0 Å². The minimum Gasteiger partial charge on any atom is -0.493 e. The predicted octanol–water partition coefficient (Wildman–Crippen LogP) is 3.27. The van der Waals surface area contributed by atoms with Crippen LogP contribution in [0.1, 0.15) is 49.9 Å². The molecular weight excluding hydrogens is 260 g/mol. The topological polar surface area (TPSA) is 72.8 Å². The first-order valence-corrected chi connectivity index (χ1v) is 6.79. The van der Waals surface area contributed by atoms with Crippen LogP contribution in [0.4, 0.5) is 0 Å². The molecule has 0 atom stereocenters. The molecule has 0 radical (unpaired) electrons. The van der Waals surface area contributed by atoms with Crippen molar-refractivity contribution in [3.63, 3.8) is 0 Å². The molecule has 0 heterocycles. The van der Waals surface area contributed by atoms with Gasteiger partial charge in [0.05, 0.1) is 6.61 Å². The summed E-state index contributed by atoms with van der Waals surface area (Å²) in [6.45, 7) is 4.30. The molecule has 0 amide bonds. The van der Waals surface area contributed by atoms with E-state index >= 15 is 0 Å². The number of benzene rings is 1. The molecule has 110 valence electrons. The molecule has 0 saturated heterocycles. The van der Waals surface area contributed by atoms with E-state index in [2.05, 4.69) is 0 Å². The van der Waals surface area contributed by atoms with E-state index in [9.17, 15) is 14.7 Å². The highest BCUT2D eigenvalue weighted by atomic mass is 16.5. The summed E-state index contributed by atoms with van der Waals surface area (Å²) in [5.41, 5.74) is -0.104. The summed E-state index contributed by atoms with van der Waals surface area (Å²) in [6, 6.07) is 4.64. The van der Waals surface area contributed by atoms with Gasteiger partial charge < -0.3 is 14.6 Å². The van der Waals surface area contributed by atoms with Crippen molar-refractivity contribution in [1.29, 1.82) is 0 Å². The maximum Gasteiger partial charge on any atom is 0.343 e. The number of ether oxygens (including phenoxy) is 2. The molecule has 1 aromatic rings. The Morgan fingerprint density at radius 2 is 1.85 bits per heavy atom. The molecule has 20 heavy (non-hydrogen) atoms. The van der Waals surface area contributed by atoms with Gasteiger partial charge >= 0.3 is 11.9 Å². The van der Waals surface area contributed by atoms with Crippen LogP contribution in [0.3, 0.4) is 0 Å². The van der Waals surface area contributed by atoms with Gasteiger partial charge in [0.1, 0.15) is 17.1 Å². The van der Waals surface area contributed by atoms with Gasteiger partial charge in [0.15, 0.2) is 0 Å². The molecule has 0 unspecified atom stereocenters. The maximum absolute atomic E-state index is 11.5. The van der Waals surface area contributed by atoms with Crippen LogP contribution in [-0.4, -0.2) is 23.7 Å². The Morgan fingerprint density at radius 1 is 1.15 bits per heavy atom. The highest BCUT2D eigenvalue weighted by Crippen LogP contribution is 2.29. The number of unbranched alkanes of at least 4 members (excludes halogenated alkanes) is 1. The van der Waals surface area contributed by atoms with E-state index in [-0.39, 0.29) is 23.5 Å². The van der Waals surface area contributed by atoms with Gasteiger partial charge in [-0.05, 0) is 25.0 Å². The van der Waals surface area contributed by atoms with Gasteiger partial charge in [0.25, 0.3) is 0 Å². The van der Waals surface area contributed by atoms with E-state index in [4.69, 9.17) is 9.47 Å². The Balaban J connectivity index is 2.96. The molecule has 1 aromatic carbocycles. The zero-order valence-electron chi connectivity index (χ0n) is 11.8. The van der Waals surface area contributed by atoms with Crippen molar-refractivity contribution in [3.8, 4) is 11.5 Å². The number of esters is 1. The van der Waals surface area contributed by atoms with E-state index < -0.39 is 11.9 Å². The van der Waals surface area contributed by atoms with Gasteiger partial charge in [-0.2, -0.15) is 0 Å². The summed E-state index contributed by atoms with van der Waals surface area (Å²) in [7, 11) is 0. The third-order valence-corrected chi connectivity index (χ3v) is 2.64. The molecule has 1 rings (SSSR count). The summed E-state index contributed by atoms with van der Waals surface area (Å²) in [5.74, 6) is -1.35. The summed E-state index contributed by atoms with van der Waals surface area (Å²) >= 11 is 0. The lowest BCUT2D eigenvalue weighted by Gasteiger charge is -2.12. The lowest BCUT2D eigenvalue weighted by atomic mass is 10.1. The lowest BCUT2D eigenvalue weighted by Crippen LogP contribution is -2.12. The quantitative estimate of drug-likeness (QED) is 0.449. The second-order valence-electron chi connectivity index (χ2n) is 4.36. The van der Waals surface area contributed by atoms with Crippen molar-refractivity contribution in [2.24, 2.45) is 0 Å². The largest absolute Gasteiger partial charge is 0.493 e. The van der Waals surface area contributed by atoms with E-state index in [1.807, 2.05) is 13.8 Å². The zero-order chi connectivity index (χ0) is 15.0. The number of carbonyl (C=O) groups is 2. The average molecular weight is 280 g/mol. The predicted molar refractivity (Wildman–Crippen MR) is 74.3 cm³/mol. The fourth-order valence-corrected chi connectivity index (χ4v) is 1.63. The summed E-state index contributed by atoms with van der Waals surface area (Å²) < 4.78 is 10.5. The first-order chi connectivity index (χ1) is 9.60. The summed E-state index contributed by atoms with van der Waals surface area (Å²) in [5, 5.41) is 9.27. The molecule has 0 saturated carbocycles. The van der Waals surface area contributed by atoms with Crippen LogP contribution in [0.25, 0.3) is 0 Å². The SMILES string of the molecule is CCCCOc1cccc(OC(=O)CCC)c1C(=O)O. The van der Waals surface area contributed by atoms with Crippen LogP contribution in [-0.2, 0) is 4.79 Å². The van der Waals surface area contributed by atoms with E-state index in [1.165, 1.54) is 6.07 Å². The minimum atomic E-state index is -1.17. The fourth-order valence-electron chi connectivity index (χ4n) is 1.63. The Hall–Kier alpha value is -2.04. The molecule has 1 N–H and O–H groups in total. The van der Waals surface area contributed by atoms with Crippen molar-refractivity contribution in [3.05, 3.63) is 23.8 Å². The number of hydrogen-bond donors (Lipinski definition) is 1. The molecule has 5 heteroatoms. The Labute approximate surface area is 118 Å². The van der Waals surface area contributed by atoms with Crippen LogP contribution in [0.2, 0.25) is 0 Å². The summed E-state index contributed by atoms with van der Waals surface area (Å²) in [6.07, 6.45) is 2.68. The van der Waals surface area contributed by atoms with E-state index in [0.29, 0.717) is 13.0 Å². The highest BCUT2D eigenvalue weighted by Gasteiger charge is 2.19. The molecule has 0 aromatic heterocycles. The number of carboxylic acids is 1. The van der Waals surface area contributed by atoms with Gasteiger partial charge in [0, 0.05) is 6.42 Å². The van der Waals surface area contributed by atoms with Crippen molar-refractivity contribution < 1.29 is 24.2 Å². The van der Waals surface area contributed by atoms with Gasteiger partial charge in [-0.15, -0.1) is 0 Å². The van der Waals surface area contributed by atoms with E-state index in [0.717, 1.165) is 12.8 Å². The number of carbonyl (C=O) groups excluding carboxylic acids is 1. The monoisotopic (exact) mass is 280 g/mol. The number of aromatic carboxylic acids is 1. The molecule has 5 nitrogen and oxygen atoms in total. The molecule has 0 spiro atoms. The molecule has 0 bridgehead atoms. The van der Waals surface area contributed by atoms with Crippen molar-refractivity contribution in [2.45, 2.75) is 39.5 Å². The van der Waals surface area contributed by atoms with Crippen molar-refractivity contribution in [1.82, 2.24) is 0 Å². The summed E-state index contributed by atoms with van der Waals surface area (Å²) in [4.78, 5) is 22.8. The first kappa shape index (κ1) is 16.0. The Bertz CT molecular complexity index is 467. The van der Waals surface area contributed by atoms with Gasteiger partial charge in [-0.3, -0.25) is 4.79 Å². The van der Waals surface area contributed by atoms with Gasteiger partial charge in [-0.1, -0.05) is 26.3 Å². The number of rotatable bonds is 8. The van der Waals surface area contributed by atoms with E-state index in [1.54, 1.807) is 12.1 Å². The van der Waals surface area contributed by atoms with Crippen molar-refractivity contribution in [2.75, 3.05) is 6.61 Å². The lowest BCUT2D eigenvalue weighted by molar-refractivity contribution is -0.134. The molecule has 0 fully saturated rings. The molecule has 0 aliphatic heterocycles. The average Bonchev–Trinajstić information content (AvgIpc) is 2.39. The van der Waals surface area contributed by atoms with Crippen LogP contribution in [0.15, 0.2) is 18.2 Å². The standard InChI is InChI=1S/C15H20O5/c1-3-5-10-19-11-8-6-9-12(14(11)15(17)18)20-13(16)7-4-2/h6,8-9H,3-5,7,10H2,1-2H3,(H,17,18). The molecule has 0 aliphatic rings. The smallest absolute Gasteiger partial charge is 0.343 e. The Kier molecular flexibility index (Phi) is 6.56. The first-order valence-electron chi connectivity index (χ1n) is 6.79. The minimum absolute atomic E-state index is 0.0324. The third-order valence-electron chi connectivity index (χ3n) is 2.64. The van der Waals surface area contributed by atoms with Gasteiger partial charge in [-0.25, -0.2) is 4.79 Å². The van der Waals surface area contributed by atoms with Crippen LogP contribution >= 0.6 is 0 Å². The van der Waals surface area contributed by atoms with Crippen LogP contribution in [0, 0.1) is 0 Å². The maximum atomic E-state index is 11.5. The second-order valence-corrected chi connectivity index (χ2v) is 4.36. The highest BCUT2D eigenvalue weighted by molar-refractivity contribution is 5.95. The number of carboxylic acid groups (broad SMARTS) is 1. The second kappa shape index (κ2) is 8.19. The molecular formula is C15H20O5. The number of hydrogen-bond acceptors (Lipinski definition) is 4. The zero-order valence-corrected chi connectivity index (χ0v) is 11.8. The van der Waals surface area contributed by atoms with Crippen molar-refractivity contribution >= 4 is 11.9 Å². The Morgan fingerprint density at radius 3 is 2.45 bits per heavy atom. The normalized spacial score (nSPS) is 10.1.